The Kier molecular flexibility index (Phi) is 4.02. The van der Waals surface area contributed by atoms with Gasteiger partial charge < -0.3 is 11.1 Å². The van der Waals surface area contributed by atoms with E-state index in [1.807, 2.05) is 25.1 Å². The van der Waals surface area contributed by atoms with Gasteiger partial charge in [0.05, 0.1) is 5.02 Å². The Morgan fingerprint density at radius 1 is 1.26 bits per heavy atom. The maximum atomic E-state index is 13.1. The predicted octanol–water partition coefficient (Wildman–Crippen LogP) is 4.17. The summed E-state index contributed by atoms with van der Waals surface area (Å²) in [4.78, 5) is 0.305. The van der Waals surface area contributed by atoms with Gasteiger partial charge in [0.1, 0.15) is 10.8 Å². The number of halogens is 2. The molecule has 0 saturated heterocycles. The molecular formula is C14H12ClFN2S. The second-order valence-electron chi connectivity index (χ2n) is 4.17. The largest absolute Gasteiger partial charge is 0.389 e. The minimum Gasteiger partial charge on any atom is -0.389 e. The molecule has 5 heteroatoms. The van der Waals surface area contributed by atoms with Crippen molar-refractivity contribution in [1.82, 2.24) is 0 Å². The molecule has 0 heterocycles. The van der Waals surface area contributed by atoms with Gasteiger partial charge in [-0.3, -0.25) is 0 Å². The van der Waals surface area contributed by atoms with Crippen LogP contribution in [0.15, 0.2) is 36.4 Å². The lowest BCUT2D eigenvalue weighted by Crippen LogP contribution is -2.12. The van der Waals surface area contributed by atoms with Gasteiger partial charge in [-0.1, -0.05) is 35.4 Å². The van der Waals surface area contributed by atoms with E-state index in [1.165, 1.54) is 12.1 Å². The molecular weight excluding hydrogens is 283 g/mol. The van der Waals surface area contributed by atoms with Crippen molar-refractivity contribution in [1.29, 1.82) is 0 Å². The second kappa shape index (κ2) is 5.55. The van der Waals surface area contributed by atoms with E-state index in [0.29, 0.717) is 10.7 Å². The number of thiocarbonyl (C=S) groups is 1. The molecule has 0 aromatic heterocycles. The summed E-state index contributed by atoms with van der Waals surface area (Å²) in [5.41, 5.74) is 8.94. The van der Waals surface area contributed by atoms with E-state index < -0.39 is 5.82 Å². The Hall–Kier alpha value is -1.65. The molecule has 0 aliphatic carbocycles. The van der Waals surface area contributed by atoms with Crippen molar-refractivity contribution < 1.29 is 4.39 Å². The number of nitrogens with one attached hydrogen (secondary N) is 1. The van der Waals surface area contributed by atoms with Crippen LogP contribution in [-0.4, -0.2) is 4.99 Å². The second-order valence-corrected chi connectivity index (χ2v) is 5.01. The van der Waals surface area contributed by atoms with E-state index in [0.717, 1.165) is 16.8 Å². The van der Waals surface area contributed by atoms with Crippen molar-refractivity contribution >= 4 is 40.2 Å². The van der Waals surface area contributed by atoms with E-state index in [2.05, 4.69) is 5.32 Å². The van der Waals surface area contributed by atoms with E-state index in [9.17, 15) is 4.39 Å². The third kappa shape index (κ3) is 3.22. The molecule has 2 aromatic carbocycles. The lowest BCUT2D eigenvalue weighted by molar-refractivity contribution is 0.628. The van der Waals surface area contributed by atoms with Crippen LogP contribution in [0.1, 0.15) is 11.1 Å². The molecule has 0 spiro atoms. The summed E-state index contributed by atoms with van der Waals surface area (Å²) in [7, 11) is 0. The summed E-state index contributed by atoms with van der Waals surface area (Å²) < 4.78 is 13.1. The van der Waals surface area contributed by atoms with Crippen LogP contribution in [0.5, 0.6) is 0 Å². The third-order valence-corrected chi connectivity index (χ3v) is 3.15. The van der Waals surface area contributed by atoms with E-state index in [-0.39, 0.29) is 5.02 Å². The van der Waals surface area contributed by atoms with Gasteiger partial charge >= 0.3 is 0 Å². The number of rotatable bonds is 3. The predicted molar refractivity (Wildman–Crippen MR) is 81.8 cm³/mol. The molecule has 0 atom stereocenters. The molecule has 0 unspecified atom stereocenters. The molecule has 0 amide bonds. The molecule has 0 aliphatic rings. The van der Waals surface area contributed by atoms with Crippen LogP contribution >= 0.6 is 23.8 Å². The zero-order valence-electron chi connectivity index (χ0n) is 10.2. The van der Waals surface area contributed by atoms with Gasteiger partial charge in [-0.25, -0.2) is 4.39 Å². The van der Waals surface area contributed by atoms with Crippen LogP contribution in [0.4, 0.5) is 15.8 Å². The molecule has 3 N–H and O–H groups in total. The zero-order valence-corrected chi connectivity index (χ0v) is 11.8. The SMILES string of the molecule is Cc1ccc(Nc2ccc(F)c(Cl)c2)c(C(N)=S)c1. The van der Waals surface area contributed by atoms with Crippen molar-refractivity contribution in [2.24, 2.45) is 5.73 Å². The van der Waals surface area contributed by atoms with Gasteiger partial charge in [0, 0.05) is 16.9 Å². The number of anilines is 2. The summed E-state index contributed by atoms with van der Waals surface area (Å²) in [5, 5.41) is 3.19. The highest BCUT2D eigenvalue weighted by atomic mass is 35.5. The molecule has 2 rings (SSSR count). The fraction of sp³-hybridized carbons (Fsp3) is 0.0714. The number of hydrogen-bond acceptors (Lipinski definition) is 2. The topological polar surface area (TPSA) is 38.0 Å². The molecule has 2 nitrogen and oxygen atoms in total. The fourth-order valence-corrected chi connectivity index (χ4v) is 2.05. The van der Waals surface area contributed by atoms with Gasteiger partial charge in [0.25, 0.3) is 0 Å². The van der Waals surface area contributed by atoms with Crippen molar-refractivity contribution in [3.05, 3.63) is 58.4 Å². The average Bonchev–Trinajstić information content (AvgIpc) is 2.36. The van der Waals surface area contributed by atoms with Crippen LogP contribution in [0.2, 0.25) is 5.02 Å². The smallest absolute Gasteiger partial charge is 0.141 e. The molecule has 0 saturated carbocycles. The first-order chi connectivity index (χ1) is 8.97. The van der Waals surface area contributed by atoms with E-state index in [1.54, 1.807) is 6.07 Å². The van der Waals surface area contributed by atoms with Gasteiger partial charge in [-0.05, 0) is 37.3 Å². The van der Waals surface area contributed by atoms with Crippen molar-refractivity contribution in [2.45, 2.75) is 6.92 Å². The number of hydrogen-bond donors (Lipinski definition) is 2. The standard InChI is InChI=1S/C14H12ClFN2S/c1-8-2-5-13(10(6-8)14(17)19)18-9-3-4-12(16)11(15)7-9/h2-7,18H,1H3,(H2,17,19). The normalized spacial score (nSPS) is 10.3. The first-order valence-corrected chi connectivity index (χ1v) is 6.38. The average molecular weight is 295 g/mol. The number of nitrogens with two attached hydrogens (primary N) is 1. The zero-order chi connectivity index (χ0) is 14.0. The van der Waals surface area contributed by atoms with Crippen molar-refractivity contribution in [2.75, 3.05) is 5.32 Å². The van der Waals surface area contributed by atoms with Gasteiger partial charge in [0.15, 0.2) is 0 Å². The van der Waals surface area contributed by atoms with Crippen LogP contribution < -0.4 is 11.1 Å². The summed E-state index contributed by atoms with van der Waals surface area (Å²) >= 11 is 10.8. The quantitative estimate of drug-likeness (QED) is 0.835. The molecule has 19 heavy (non-hydrogen) atoms. The van der Waals surface area contributed by atoms with E-state index >= 15 is 0 Å². The molecule has 2 aromatic rings. The summed E-state index contributed by atoms with van der Waals surface area (Å²) in [6.45, 7) is 1.96. The first kappa shape index (κ1) is 13.8. The minimum absolute atomic E-state index is 0.0639. The highest BCUT2D eigenvalue weighted by Gasteiger charge is 2.07. The Balaban J connectivity index is 2.37. The maximum absolute atomic E-state index is 13.1. The van der Waals surface area contributed by atoms with Gasteiger partial charge in [-0.2, -0.15) is 0 Å². The van der Waals surface area contributed by atoms with Crippen molar-refractivity contribution in [3.63, 3.8) is 0 Å². The van der Waals surface area contributed by atoms with Crippen LogP contribution in [0.25, 0.3) is 0 Å². The monoisotopic (exact) mass is 294 g/mol. The number of benzene rings is 2. The molecule has 0 bridgehead atoms. The van der Waals surface area contributed by atoms with Gasteiger partial charge in [0.2, 0.25) is 0 Å². The van der Waals surface area contributed by atoms with Crippen LogP contribution in [-0.2, 0) is 0 Å². The number of aryl methyl sites for hydroxylation is 1. The van der Waals surface area contributed by atoms with E-state index in [4.69, 9.17) is 29.6 Å². The highest BCUT2D eigenvalue weighted by Crippen LogP contribution is 2.25. The molecule has 0 fully saturated rings. The van der Waals surface area contributed by atoms with Crippen LogP contribution in [0, 0.1) is 12.7 Å². The summed E-state index contributed by atoms with van der Waals surface area (Å²) in [6, 6.07) is 10.1. The maximum Gasteiger partial charge on any atom is 0.141 e. The Labute approximate surface area is 121 Å². The third-order valence-electron chi connectivity index (χ3n) is 2.64. The van der Waals surface area contributed by atoms with Crippen LogP contribution in [0.3, 0.4) is 0 Å². The Morgan fingerprint density at radius 3 is 2.63 bits per heavy atom. The molecule has 0 aliphatic heterocycles. The lowest BCUT2D eigenvalue weighted by Gasteiger charge is -2.12. The fourth-order valence-electron chi connectivity index (χ4n) is 1.70. The minimum atomic E-state index is -0.453. The Bertz CT molecular complexity index is 643. The molecule has 0 radical (unpaired) electrons. The van der Waals surface area contributed by atoms with Crippen molar-refractivity contribution in [3.8, 4) is 0 Å². The molecule has 98 valence electrons. The first-order valence-electron chi connectivity index (χ1n) is 5.60. The summed E-state index contributed by atoms with van der Waals surface area (Å²) in [6.07, 6.45) is 0. The summed E-state index contributed by atoms with van der Waals surface area (Å²) in [5.74, 6) is -0.453. The Morgan fingerprint density at radius 2 is 2.00 bits per heavy atom. The van der Waals surface area contributed by atoms with Gasteiger partial charge in [-0.15, -0.1) is 0 Å². The highest BCUT2D eigenvalue weighted by molar-refractivity contribution is 7.80. The lowest BCUT2D eigenvalue weighted by atomic mass is 10.1.